The molecule has 0 aliphatic rings. The van der Waals surface area contributed by atoms with E-state index in [9.17, 15) is 15.0 Å². The minimum Gasteiger partial charge on any atom is -0.508 e. The lowest BCUT2D eigenvalue weighted by Gasteiger charge is -2.09. The van der Waals surface area contributed by atoms with Crippen LogP contribution in [0.25, 0.3) is 43.1 Å². The fourth-order valence-electron chi connectivity index (χ4n) is 4.00. The van der Waals surface area contributed by atoms with Crippen LogP contribution in [0.2, 0.25) is 0 Å². The van der Waals surface area contributed by atoms with Crippen molar-refractivity contribution in [2.75, 3.05) is 0 Å². The van der Waals surface area contributed by atoms with Gasteiger partial charge in [0, 0.05) is 22.9 Å². The predicted octanol–water partition coefficient (Wildman–Crippen LogP) is 5.73. The van der Waals surface area contributed by atoms with Gasteiger partial charge in [-0.2, -0.15) is 0 Å². The minimum atomic E-state index is -0.537. The van der Waals surface area contributed by atoms with Gasteiger partial charge in [0.2, 0.25) is 0 Å². The molecule has 0 bridgehead atoms. The third-order valence-corrected chi connectivity index (χ3v) is 6.73. The van der Waals surface area contributed by atoms with Crippen molar-refractivity contribution in [3.63, 3.8) is 0 Å². The molecule has 6 aromatic rings. The van der Waals surface area contributed by atoms with Crippen molar-refractivity contribution < 1.29 is 19.2 Å². The van der Waals surface area contributed by atoms with Crippen LogP contribution in [0.3, 0.4) is 0 Å². The number of fused-ring (bicyclic) bond motifs is 2. The van der Waals surface area contributed by atoms with Crippen molar-refractivity contribution in [2.45, 2.75) is 6.42 Å². The van der Waals surface area contributed by atoms with Gasteiger partial charge in [0.05, 0.1) is 27.5 Å². The Kier molecular flexibility index (Phi) is 4.67. The second-order valence-electron chi connectivity index (χ2n) is 7.79. The summed E-state index contributed by atoms with van der Waals surface area (Å²) < 4.78 is 12.1. The maximum atomic E-state index is 13.0. The summed E-state index contributed by atoms with van der Waals surface area (Å²) in [6.45, 7) is 0. The van der Waals surface area contributed by atoms with Gasteiger partial charge in [-0.3, -0.25) is 0 Å². The summed E-state index contributed by atoms with van der Waals surface area (Å²) in [5.41, 5.74) is 2.45. The first kappa shape index (κ1) is 20.2. The highest BCUT2D eigenvalue weighted by Crippen LogP contribution is 2.36. The van der Waals surface area contributed by atoms with Crippen LogP contribution < -0.4 is 5.63 Å². The summed E-state index contributed by atoms with van der Waals surface area (Å²) >= 11 is 1.42. The van der Waals surface area contributed by atoms with Crippen LogP contribution in [-0.2, 0) is 6.42 Å². The first-order chi connectivity index (χ1) is 16.6. The fraction of sp³-hybridized carbons (Fsp3) is 0.0385. The molecule has 0 saturated heterocycles. The van der Waals surface area contributed by atoms with Crippen molar-refractivity contribution >= 4 is 32.5 Å². The highest BCUT2D eigenvalue weighted by molar-refractivity contribution is 7.21. The Hall–Kier alpha value is -4.43. The molecule has 2 N–H and O–H groups in total. The van der Waals surface area contributed by atoms with Crippen LogP contribution in [0.5, 0.6) is 11.5 Å². The van der Waals surface area contributed by atoms with Gasteiger partial charge in [-0.15, -0.1) is 11.3 Å². The van der Waals surface area contributed by atoms with Gasteiger partial charge in [0.1, 0.15) is 22.1 Å². The SMILES string of the molecule is O=c1oc2c(Cc3cnoc3-c3ccccc3O)c(O)ccc2cc1-c1nc2ccccc2s1. The normalized spacial score (nSPS) is 11.4. The molecule has 0 fully saturated rings. The standard InChI is InChI=1S/C26H16N2O5S/c29-20-7-3-1-5-16(20)24-15(13-27-33-24)12-17-21(30)10-9-14-11-18(26(31)32-23(14)17)25-28-19-6-2-4-8-22(19)34-25/h1-11,13,29-30H,12H2. The molecule has 3 aromatic heterocycles. The minimum absolute atomic E-state index is 0.0205. The molecule has 6 rings (SSSR count). The second-order valence-corrected chi connectivity index (χ2v) is 8.82. The third-order valence-electron chi connectivity index (χ3n) is 5.67. The lowest BCUT2D eigenvalue weighted by molar-refractivity contribution is 0.425. The number of aromatic nitrogens is 2. The van der Waals surface area contributed by atoms with Crippen LogP contribution >= 0.6 is 11.3 Å². The zero-order chi connectivity index (χ0) is 23.2. The number of phenols is 2. The fourth-order valence-corrected chi connectivity index (χ4v) is 4.97. The first-order valence-corrected chi connectivity index (χ1v) is 11.3. The van der Waals surface area contributed by atoms with Crippen molar-refractivity contribution in [2.24, 2.45) is 0 Å². The van der Waals surface area contributed by atoms with Crippen LogP contribution in [0, 0.1) is 0 Å². The second kappa shape index (κ2) is 7.86. The molecule has 166 valence electrons. The van der Waals surface area contributed by atoms with Gasteiger partial charge in [0.15, 0.2) is 5.76 Å². The van der Waals surface area contributed by atoms with E-state index in [-0.39, 0.29) is 23.5 Å². The zero-order valence-corrected chi connectivity index (χ0v) is 18.4. The average molecular weight is 468 g/mol. The number of rotatable bonds is 4. The molecule has 0 saturated carbocycles. The molecule has 0 atom stereocenters. The Balaban J connectivity index is 1.47. The number of aromatic hydroxyl groups is 2. The maximum absolute atomic E-state index is 13.0. The van der Waals surface area contributed by atoms with E-state index in [2.05, 4.69) is 10.1 Å². The van der Waals surface area contributed by atoms with Gasteiger partial charge < -0.3 is 19.2 Å². The van der Waals surface area contributed by atoms with Crippen LogP contribution in [0.15, 0.2) is 86.7 Å². The summed E-state index contributed by atoms with van der Waals surface area (Å²) in [6.07, 6.45) is 1.70. The zero-order valence-electron chi connectivity index (χ0n) is 17.6. The molecule has 8 heteroatoms. The molecule has 0 aliphatic carbocycles. The summed E-state index contributed by atoms with van der Waals surface area (Å²) in [5, 5.41) is 25.9. The number of phenolic OH excluding ortho intramolecular Hbond substituents is 2. The van der Waals surface area contributed by atoms with Crippen molar-refractivity contribution in [3.8, 4) is 33.4 Å². The molecular formula is C26H16N2O5S. The van der Waals surface area contributed by atoms with Gasteiger partial charge >= 0.3 is 5.63 Å². The summed E-state index contributed by atoms with van der Waals surface area (Å²) in [7, 11) is 0. The molecule has 7 nitrogen and oxygen atoms in total. The van der Waals surface area contributed by atoms with Gasteiger partial charge in [0.25, 0.3) is 0 Å². The maximum Gasteiger partial charge on any atom is 0.346 e. The van der Waals surface area contributed by atoms with E-state index in [4.69, 9.17) is 8.94 Å². The van der Waals surface area contributed by atoms with Gasteiger partial charge in [-0.25, -0.2) is 9.78 Å². The quantitative estimate of drug-likeness (QED) is 0.318. The summed E-state index contributed by atoms with van der Waals surface area (Å²) in [4.78, 5) is 17.5. The van der Waals surface area contributed by atoms with Crippen LogP contribution in [0.1, 0.15) is 11.1 Å². The largest absolute Gasteiger partial charge is 0.508 e. The first-order valence-electron chi connectivity index (χ1n) is 10.4. The Morgan fingerprint density at radius 2 is 1.74 bits per heavy atom. The molecular weight excluding hydrogens is 452 g/mol. The predicted molar refractivity (Wildman–Crippen MR) is 129 cm³/mol. The van der Waals surface area contributed by atoms with E-state index in [0.29, 0.717) is 38.4 Å². The Morgan fingerprint density at radius 1 is 0.912 bits per heavy atom. The monoisotopic (exact) mass is 468 g/mol. The summed E-state index contributed by atoms with van der Waals surface area (Å²) in [6, 6.07) is 19.4. The van der Waals surface area contributed by atoms with E-state index >= 15 is 0 Å². The summed E-state index contributed by atoms with van der Waals surface area (Å²) in [5.74, 6) is 0.408. The Morgan fingerprint density at radius 3 is 2.59 bits per heavy atom. The van der Waals surface area contributed by atoms with Gasteiger partial charge in [-0.05, 0) is 42.5 Å². The number of thiazole rings is 1. The number of hydrogen-bond donors (Lipinski definition) is 2. The molecule has 0 radical (unpaired) electrons. The molecule has 0 unspecified atom stereocenters. The number of para-hydroxylation sites is 2. The lowest BCUT2D eigenvalue weighted by Crippen LogP contribution is -2.04. The molecule has 3 heterocycles. The van der Waals surface area contributed by atoms with E-state index in [1.807, 2.05) is 24.3 Å². The van der Waals surface area contributed by atoms with Crippen molar-refractivity contribution in [1.29, 1.82) is 0 Å². The van der Waals surface area contributed by atoms with Crippen molar-refractivity contribution in [1.82, 2.24) is 10.1 Å². The van der Waals surface area contributed by atoms with Crippen LogP contribution in [-0.4, -0.2) is 20.4 Å². The van der Waals surface area contributed by atoms with E-state index < -0.39 is 5.63 Å². The van der Waals surface area contributed by atoms with E-state index in [0.717, 1.165) is 10.2 Å². The molecule has 0 amide bonds. The van der Waals surface area contributed by atoms with Crippen molar-refractivity contribution in [3.05, 3.63) is 94.5 Å². The lowest BCUT2D eigenvalue weighted by atomic mass is 9.99. The highest BCUT2D eigenvalue weighted by atomic mass is 32.1. The topological polar surface area (TPSA) is 110 Å². The highest BCUT2D eigenvalue weighted by Gasteiger charge is 2.20. The molecule has 3 aromatic carbocycles. The number of nitrogens with zero attached hydrogens (tertiary/aromatic N) is 2. The Bertz CT molecular complexity index is 1710. The molecule has 34 heavy (non-hydrogen) atoms. The van der Waals surface area contributed by atoms with Gasteiger partial charge in [-0.1, -0.05) is 29.4 Å². The smallest absolute Gasteiger partial charge is 0.346 e. The van der Waals surface area contributed by atoms with E-state index in [1.54, 1.807) is 42.5 Å². The average Bonchev–Trinajstić information content (AvgIpc) is 3.48. The van der Waals surface area contributed by atoms with Crippen LogP contribution in [0.4, 0.5) is 0 Å². The molecule has 0 spiro atoms. The number of benzene rings is 3. The Labute approximate surface area is 196 Å². The molecule has 0 aliphatic heterocycles. The number of hydrogen-bond acceptors (Lipinski definition) is 8. The third kappa shape index (κ3) is 3.32. The van der Waals surface area contributed by atoms with E-state index in [1.165, 1.54) is 17.5 Å².